The van der Waals surface area contributed by atoms with Gasteiger partial charge in [-0.05, 0) is 43.2 Å². The molecule has 0 bridgehead atoms. The number of hydrogen-bond acceptors (Lipinski definition) is 6. The van der Waals surface area contributed by atoms with Crippen LogP contribution in [0.3, 0.4) is 0 Å². The van der Waals surface area contributed by atoms with Gasteiger partial charge >= 0.3 is 6.09 Å². The number of hydrogen-bond donors (Lipinski definition) is 2. The summed E-state index contributed by atoms with van der Waals surface area (Å²) in [6.07, 6.45) is 5.32. The normalized spacial score (nSPS) is 18.9. The van der Waals surface area contributed by atoms with E-state index in [0.717, 1.165) is 21.2 Å². The standard InChI is InChI=1S/C18H19N3O4S/c1-2-24-18(23)21-8-7-12-13(10-21)26-17-15(12)16(22)19-14(20-17)6-5-11-4-3-9-25-11/h3-6,9,14,20H,2,7-8,10H2,1H3,(H,19,22)/b6-5+. The number of rotatable bonds is 3. The van der Waals surface area contributed by atoms with Crippen LogP contribution in [0.2, 0.25) is 0 Å². The number of ether oxygens (including phenoxy) is 1. The van der Waals surface area contributed by atoms with Gasteiger partial charge in [-0.15, -0.1) is 11.3 Å². The van der Waals surface area contributed by atoms with E-state index < -0.39 is 0 Å². The van der Waals surface area contributed by atoms with Gasteiger partial charge in [-0.1, -0.05) is 0 Å². The molecule has 0 saturated heterocycles. The quantitative estimate of drug-likeness (QED) is 0.864. The third-order valence-electron chi connectivity index (χ3n) is 4.38. The van der Waals surface area contributed by atoms with Crippen LogP contribution < -0.4 is 10.6 Å². The Bertz CT molecular complexity index is 856. The Kier molecular flexibility index (Phi) is 4.42. The molecule has 4 heterocycles. The fraction of sp³-hybridized carbons (Fsp3) is 0.333. The number of carbonyl (C=O) groups is 2. The van der Waals surface area contributed by atoms with E-state index >= 15 is 0 Å². The SMILES string of the molecule is CCOC(=O)N1CCc2c(sc3c2C(=O)NC(/C=C/c2ccco2)N3)C1. The maximum Gasteiger partial charge on any atom is 0.410 e. The summed E-state index contributed by atoms with van der Waals surface area (Å²) in [6, 6.07) is 3.66. The molecule has 2 aliphatic rings. The van der Waals surface area contributed by atoms with Crippen LogP contribution in [0.15, 0.2) is 28.9 Å². The average molecular weight is 373 g/mol. The van der Waals surface area contributed by atoms with Crippen molar-refractivity contribution in [2.75, 3.05) is 18.5 Å². The van der Waals surface area contributed by atoms with Gasteiger partial charge < -0.3 is 24.7 Å². The molecule has 2 N–H and O–H groups in total. The summed E-state index contributed by atoms with van der Waals surface area (Å²) in [5, 5.41) is 7.13. The minimum absolute atomic E-state index is 0.0880. The largest absolute Gasteiger partial charge is 0.465 e. The first kappa shape index (κ1) is 16.7. The summed E-state index contributed by atoms with van der Waals surface area (Å²) in [7, 11) is 0. The lowest BCUT2D eigenvalue weighted by molar-refractivity contribution is 0.0941. The fourth-order valence-electron chi connectivity index (χ4n) is 3.18. The molecule has 2 aromatic heterocycles. The first-order valence-electron chi connectivity index (χ1n) is 8.51. The van der Waals surface area contributed by atoms with Crippen molar-refractivity contribution in [2.45, 2.75) is 26.1 Å². The molecule has 2 amide bonds. The summed E-state index contributed by atoms with van der Waals surface area (Å²) in [6.45, 7) is 3.19. The molecule has 1 unspecified atom stereocenters. The third kappa shape index (κ3) is 3.08. The molecule has 136 valence electrons. The lowest BCUT2D eigenvalue weighted by atomic mass is 10.0. The van der Waals surface area contributed by atoms with Crippen molar-refractivity contribution in [3.63, 3.8) is 0 Å². The molecule has 2 aromatic rings. The molecule has 26 heavy (non-hydrogen) atoms. The predicted octanol–water partition coefficient (Wildman–Crippen LogP) is 3.05. The van der Waals surface area contributed by atoms with Crippen LogP contribution in [-0.4, -0.2) is 36.2 Å². The second kappa shape index (κ2) is 6.87. The second-order valence-corrected chi connectivity index (χ2v) is 7.15. The zero-order valence-electron chi connectivity index (χ0n) is 14.3. The van der Waals surface area contributed by atoms with Gasteiger partial charge in [-0.25, -0.2) is 4.79 Å². The number of furan rings is 1. The Morgan fingerprint density at radius 2 is 2.38 bits per heavy atom. The van der Waals surface area contributed by atoms with Crippen molar-refractivity contribution < 1.29 is 18.7 Å². The van der Waals surface area contributed by atoms with Gasteiger partial charge in [-0.3, -0.25) is 4.79 Å². The van der Waals surface area contributed by atoms with E-state index in [1.165, 1.54) is 11.3 Å². The van der Waals surface area contributed by atoms with E-state index in [9.17, 15) is 9.59 Å². The highest BCUT2D eigenvalue weighted by Gasteiger charge is 2.33. The number of thiophene rings is 1. The van der Waals surface area contributed by atoms with Gasteiger partial charge in [-0.2, -0.15) is 0 Å². The summed E-state index contributed by atoms with van der Waals surface area (Å²) >= 11 is 1.53. The summed E-state index contributed by atoms with van der Waals surface area (Å²) in [5.74, 6) is 0.636. The molecule has 0 fully saturated rings. The minimum Gasteiger partial charge on any atom is -0.465 e. The van der Waals surface area contributed by atoms with Crippen molar-refractivity contribution in [3.05, 3.63) is 46.2 Å². The van der Waals surface area contributed by atoms with Gasteiger partial charge in [0.25, 0.3) is 5.91 Å². The smallest absolute Gasteiger partial charge is 0.410 e. The van der Waals surface area contributed by atoms with Gasteiger partial charge in [0.2, 0.25) is 0 Å². The highest BCUT2D eigenvalue weighted by molar-refractivity contribution is 7.16. The van der Waals surface area contributed by atoms with Crippen molar-refractivity contribution in [2.24, 2.45) is 0 Å². The van der Waals surface area contributed by atoms with Crippen LogP contribution in [0, 0.1) is 0 Å². The Balaban J connectivity index is 1.53. The Morgan fingerprint density at radius 1 is 1.50 bits per heavy atom. The van der Waals surface area contributed by atoms with Crippen LogP contribution in [0.1, 0.15) is 33.5 Å². The highest BCUT2D eigenvalue weighted by Crippen LogP contribution is 2.39. The summed E-state index contributed by atoms with van der Waals surface area (Å²) in [5.41, 5.74) is 1.74. The van der Waals surface area contributed by atoms with E-state index in [0.29, 0.717) is 31.7 Å². The average Bonchev–Trinajstić information content (AvgIpc) is 3.26. The highest BCUT2D eigenvalue weighted by atomic mass is 32.1. The van der Waals surface area contributed by atoms with Crippen molar-refractivity contribution >= 4 is 34.4 Å². The zero-order valence-corrected chi connectivity index (χ0v) is 15.1. The molecule has 7 nitrogen and oxygen atoms in total. The van der Waals surface area contributed by atoms with Crippen LogP contribution in [0.5, 0.6) is 0 Å². The molecule has 1 atom stereocenters. The maximum absolute atomic E-state index is 12.6. The zero-order chi connectivity index (χ0) is 18.1. The summed E-state index contributed by atoms with van der Waals surface area (Å²) < 4.78 is 10.3. The molecule has 0 saturated carbocycles. The van der Waals surface area contributed by atoms with E-state index in [1.54, 1.807) is 18.1 Å². The number of amides is 2. The van der Waals surface area contributed by atoms with Crippen molar-refractivity contribution in [3.8, 4) is 0 Å². The Labute approximate surface area is 154 Å². The fourth-order valence-corrected chi connectivity index (χ4v) is 4.48. The maximum atomic E-state index is 12.6. The van der Waals surface area contributed by atoms with E-state index in [2.05, 4.69) is 10.6 Å². The molecule has 2 aliphatic heterocycles. The van der Waals surface area contributed by atoms with Gasteiger partial charge in [0.15, 0.2) is 0 Å². The molecule has 0 aliphatic carbocycles. The predicted molar refractivity (Wildman–Crippen MR) is 98.1 cm³/mol. The first-order chi connectivity index (χ1) is 12.7. The van der Waals surface area contributed by atoms with Crippen molar-refractivity contribution in [1.29, 1.82) is 0 Å². The van der Waals surface area contributed by atoms with Gasteiger partial charge in [0.05, 0.1) is 25.0 Å². The molecule has 0 spiro atoms. The minimum atomic E-state index is -0.304. The Hall–Kier alpha value is -2.74. The summed E-state index contributed by atoms with van der Waals surface area (Å²) in [4.78, 5) is 27.3. The molecule has 0 radical (unpaired) electrons. The number of nitrogens with zero attached hydrogens (tertiary/aromatic N) is 1. The van der Waals surface area contributed by atoms with E-state index in [-0.39, 0.29) is 18.2 Å². The molecular weight excluding hydrogens is 354 g/mol. The second-order valence-electron chi connectivity index (χ2n) is 6.05. The van der Waals surface area contributed by atoms with Crippen molar-refractivity contribution in [1.82, 2.24) is 10.2 Å². The molecule has 0 aromatic carbocycles. The van der Waals surface area contributed by atoms with Crippen LogP contribution in [-0.2, 0) is 17.7 Å². The Morgan fingerprint density at radius 3 is 3.15 bits per heavy atom. The lowest BCUT2D eigenvalue weighted by Gasteiger charge is -2.27. The molecule has 4 rings (SSSR count). The monoisotopic (exact) mass is 373 g/mol. The van der Waals surface area contributed by atoms with Gasteiger partial charge in [0.1, 0.15) is 16.9 Å². The van der Waals surface area contributed by atoms with E-state index in [1.807, 2.05) is 24.3 Å². The molecular formula is C18H19N3O4S. The third-order valence-corrected chi connectivity index (χ3v) is 5.53. The number of anilines is 1. The molecule has 8 heteroatoms. The topological polar surface area (TPSA) is 83.8 Å². The van der Waals surface area contributed by atoms with Crippen LogP contribution in [0.25, 0.3) is 6.08 Å². The van der Waals surface area contributed by atoms with Crippen LogP contribution in [0.4, 0.5) is 9.80 Å². The van der Waals surface area contributed by atoms with E-state index in [4.69, 9.17) is 9.15 Å². The number of fused-ring (bicyclic) bond motifs is 3. The van der Waals surface area contributed by atoms with Crippen LogP contribution >= 0.6 is 11.3 Å². The number of nitrogens with one attached hydrogen (secondary N) is 2. The number of carbonyl (C=O) groups excluding carboxylic acids is 2. The van der Waals surface area contributed by atoms with Gasteiger partial charge in [0, 0.05) is 11.4 Å². The lowest BCUT2D eigenvalue weighted by Crippen LogP contribution is -2.43. The first-order valence-corrected chi connectivity index (χ1v) is 9.32.